The maximum Gasteiger partial charge on any atom is 0.295 e. The van der Waals surface area contributed by atoms with Crippen molar-refractivity contribution in [1.82, 2.24) is 9.80 Å². The topological polar surface area (TPSA) is 88.5 Å². The molecular formula is C31H38N2O6. The van der Waals surface area contributed by atoms with Gasteiger partial charge in [0.2, 0.25) is 0 Å². The second kappa shape index (κ2) is 12.2. The predicted molar refractivity (Wildman–Crippen MR) is 148 cm³/mol. The van der Waals surface area contributed by atoms with Gasteiger partial charge in [0, 0.05) is 38.2 Å². The third-order valence-electron chi connectivity index (χ3n) is 7.63. The Hall–Kier alpha value is -3.36. The van der Waals surface area contributed by atoms with Crippen molar-refractivity contribution < 1.29 is 28.9 Å². The number of ether oxygens (including phenoxy) is 3. The Balaban J connectivity index is 1.48. The number of unbranched alkanes of at least 4 members (excludes halogenated alkanes) is 1. The average Bonchev–Trinajstić information content (AvgIpc) is 3.44. The second-order valence-corrected chi connectivity index (χ2v) is 10.5. The van der Waals surface area contributed by atoms with Crippen LogP contribution in [-0.2, 0) is 20.7 Å². The highest BCUT2D eigenvalue weighted by atomic mass is 16.5. The van der Waals surface area contributed by atoms with Crippen molar-refractivity contribution in [3.05, 3.63) is 64.7 Å². The van der Waals surface area contributed by atoms with Gasteiger partial charge in [0.15, 0.2) is 0 Å². The van der Waals surface area contributed by atoms with Crippen LogP contribution >= 0.6 is 0 Å². The van der Waals surface area contributed by atoms with E-state index in [0.717, 1.165) is 55.8 Å². The Kier molecular flexibility index (Phi) is 8.53. The maximum absolute atomic E-state index is 13.5. The zero-order chi connectivity index (χ0) is 27.4. The first kappa shape index (κ1) is 27.2. The number of hydrogen-bond acceptors (Lipinski definition) is 7. The highest BCUT2D eigenvalue weighted by molar-refractivity contribution is 6.46. The second-order valence-electron chi connectivity index (χ2n) is 10.5. The fourth-order valence-corrected chi connectivity index (χ4v) is 5.58. The first-order chi connectivity index (χ1) is 19.0. The molecule has 0 unspecified atom stereocenters. The minimum absolute atomic E-state index is 0.0601. The fraction of sp³-hybridized carbons (Fsp3) is 0.484. The molecule has 0 saturated carbocycles. The van der Waals surface area contributed by atoms with Gasteiger partial charge in [-0.3, -0.25) is 14.5 Å². The van der Waals surface area contributed by atoms with Crippen LogP contribution in [-0.4, -0.2) is 78.7 Å². The summed E-state index contributed by atoms with van der Waals surface area (Å²) in [6.45, 7) is 9.05. The van der Waals surface area contributed by atoms with E-state index in [1.165, 1.54) is 0 Å². The summed E-state index contributed by atoms with van der Waals surface area (Å²) in [5, 5.41) is 11.5. The number of rotatable bonds is 10. The van der Waals surface area contributed by atoms with Crippen LogP contribution in [0.25, 0.3) is 5.76 Å². The van der Waals surface area contributed by atoms with Gasteiger partial charge >= 0.3 is 0 Å². The Morgan fingerprint density at radius 3 is 2.69 bits per heavy atom. The molecule has 2 aromatic carbocycles. The molecule has 2 atom stereocenters. The summed E-state index contributed by atoms with van der Waals surface area (Å²) in [4.78, 5) is 30.8. The van der Waals surface area contributed by atoms with Gasteiger partial charge in [0.25, 0.3) is 11.7 Å². The van der Waals surface area contributed by atoms with E-state index in [0.29, 0.717) is 44.1 Å². The van der Waals surface area contributed by atoms with E-state index < -0.39 is 17.7 Å². The lowest BCUT2D eigenvalue weighted by atomic mass is 9.94. The van der Waals surface area contributed by atoms with Gasteiger partial charge in [-0.15, -0.1) is 0 Å². The van der Waals surface area contributed by atoms with Crippen LogP contribution in [0, 0.1) is 0 Å². The van der Waals surface area contributed by atoms with Crippen LogP contribution in [0.2, 0.25) is 0 Å². The highest BCUT2D eigenvalue weighted by Crippen LogP contribution is 2.41. The van der Waals surface area contributed by atoms with Gasteiger partial charge in [-0.2, -0.15) is 0 Å². The summed E-state index contributed by atoms with van der Waals surface area (Å²) < 4.78 is 17.2. The zero-order valence-corrected chi connectivity index (χ0v) is 22.9. The van der Waals surface area contributed by atoms with Gasteiger partial charge in [-0.25, -0.2) is 0 Å². The third-order valence-corrected chi connectivity index (χ3v) is 7.63. The lowest BCUT2D eigenvalue weighted by Crippen LogP contribution is -2.38. The summed E-state index contributed by atoms with van der Waals surface area (Å²) in [5.41, 5.74) is 2.35. The van der Waals surface area contributed by atoms with Crippen molar-refractivity contribution in [2.45, 2.75) is 51.7 Å². The molecule has 0 radical (unpaired) electrons. The Bertz CT molecular complexity index is 1240. The largest absolute Gasteiger partial charge is 0.507 e. The molecule has 5 rings (SSSR count). The van der Waals surface area contributed by atoms with Crippen molar-refractivity contribution in [3.8, 4) is 11.5 Å². The molecule has 3 aliphatic heterocycles. The number of fused-ring (bicyclic) bond motifs is 1. The average molecular weight is 535 g/mol. The van der Waals surface area contributed by atoms with Crippen LogP contribution < -0.4 is 9.47 Å². The number of aliphatic hydroxyl groups is 1. The van der Waals surface area contributed by atoms with Gasteiger partial charge in [0.05, 0.1) is 31.4 Å². The molecule has 8 heteroatoms. The molecule has 8 nitrogen and oxygen atoms in total. The normalized spacial score (nSPS) is 22.7. The summed E-state index contributed by atoms with van der Waals surface area (Å²) in [7, 11) is 0. The number of nitrogens with zero attached hydrogens (tertiary/aromatic N) is 2. The Morgan fingerprint density at radius 2 is 1.90 bits per heavy atom. The molecule has 3 aliphatic rings. The minimum Gasteiger partial charge on any atom is -0.507 e. The molecule has 2 saturated heterocycles. The van der Waals surface area contributed by atoms with Crippen LogP contribution in [0.1, 0.15) is 55.8 Å². The SMILES string of the molecule is CCCCOc1cccc([C@@H]2/C(=C(\O)c3ccc4c(c3)C[C@@H](C)O4)C(=O)C(=O)N2CCCN2CCOCC2)c1. The van der Waals surface area contributed by atoms with Gasteiger partial charge in [0.1, 0.15) is 23.4 Å². The number of aliphatic hydroxyl groups excluding tert-OH is 1. The van der Waals surface area contributed by atoms with Gasteiger partial charge in [-0.1, -0.05) is 25.5 Å². The van der Waals surface area contributed by atoms with E-state index in [1.807, 2.05) is 43.3 Å². The molecular weight excluding hydrogens is 496 g/mol. The van der Waals surface area contributed by atoms with E-state index in [2.05, 4.69) is 11.8 Å². The van der Waals surface area contributed by atoms with Crippen molar-refractivity contribution in [2.75, 3.05) is 46.0 Å². The lowest BCUT2D eigenvalue weighted by Gasteiger charge is -2.29. The molecule has 2 fully saturated rings. The van der Waals surface area contributed by atoms with E-state index in [-0.39, 0.29) is 17.4 Å². The number of likely N-dealkylation sites (tertiary alicyclic amines) is 1. The van der Waals surface area contributed by atoms with E-state index in [9.17, 15) is 14.7 Å². The molecule has 39 heavy (non-hydrogen) atoms. The van der Waals surface area contributed by atoms with Crippen molar-refractivity contribution in [1.29, 1.82) is 0 Å². The van der Waals surface area contributed by atoms with Gasteiger partial charge < -0.3 is 24.2 Å². The van der Waals surface area contributed by atoms with E-state index in [1.54, 1.807) is 11.0 Å². The molecule has 0 bridgehead atoms. The molecule has 0 aliphatic carbocycles. The summed E-state index contributed by atoms with van der Waals surface area (Å²) in [6, 6.07) is 12.3. The molecule has 2 aromatic rings. The van der Waals surface area contributed by atoms with Crippen molar-refractivity contribution in [3.63, 3.8) is 0 Å². The molecule has 208 valence electrons. The Labute approximate surface area is 230 Å². The number of benzene rings is 2. The van der Waals surface area contributed by atoms with Crippen LogP contribution in [0.3, 0.4) is 0 Å². The predicted octanol–water partition coefficient (Wildman–Crippen LogP) is 4.33. The summed E-state index contributed by atoms with van der Waals surface area (Å²) >= 11 is 0. The molecule has 0 spiro atoms. The number of hydrogen-bond donors (Lipinski definition) is 1. The Morgan fingerprint density at radius 1 is 1.08 bits per heavy atom. The molecule has 3 heterocycles. The molecule has 1 amide bonds. The van der Waals surface area contributed by atoms with E-state index >= 15 is 0 Å². The quantitative estimate of drug-likeness (QED) is 0.210. The third kappa shape index (κ3) is 5.97. The number of morpholine rings is 1. The summed E-state index contributed by atoms with van der Waals surface area (Å²) in [5.74, 6) is 0.0681. The number of ketones is 1. The molecule has 0 aromatic heterocycles. The first-order valence-corrected chi connectivity index (χ1v) is 14.1. The smallest absolute Gasteiger partial charge is 0.295 e. The zero-order valence-electron chi connectivity index (χ0n) is 22.9. The maximum atomic E-state index is 13.5. The standard InChI is InChI=1S/C31H38N2O6/c1-3-4-15-38-25-8-5-7-22(20-25)28-27(29(34)23-9-10-26-24(19-23)18-21(2)39-26)30(35)31(36)33(28)12-6-11-32-13-16-37-17-14-32/h5,7-10,19-21,28,34H,3-4,6,11-18H2,1-2H3/b29-27+/t21-,28-/m1/s1. The number of carbonyl (C=O) groups excluding carboxylic acids is 2. The highest BCUT2D eigenvalue weighted by Gasteiger charge is 2.46. The fourth-order valence-electron chi connectivity index (χ4n) is 5.58. The van der Waals surface area contributed by atoms with Crippen LogP contribution in [0.4, 0.5) is 0 Å². The number of amides is 1. The van der Waals surface area contributed by atoms with Crippen molar-refractivity contribution >= 4 is 17.4 Å². The first-order valence-electron chi connectivity index (χ1n) is 14.1. The summed E-state index contributed by atoms with van der Waals surface area (Å²) in [6.07, 6.45) is 3.46. The monoisotopic (exact) mass is 534 g/mol. The van der Waals surface area contributed by atoms with Crippen molar-refractivity contribution in [2.24, 2.45) is 0 Å². The van der Waals surface area contributed by atoms with E-state index in [4.69, 9.17) is 14.2 Å². The molecule has 1 N–H and O–H groups in total. The van der Waals surface area contributed by atoms with Gasteiger partial charge in [-0.05, 0) is 61.2 Å². The minimum atomic E-state index is -0.701. The number of Topliss-reactive ketones (excluding diaryl/α,β-unsaturated/α-hetero) is 1. The number of carbonyl (C=O) groups is 2. The van der Waals surface area contributed by atoms with Crippen LogP contribution in [0.15, 0.2) is 48.0 Å². The van der Waals surface area contributed by atoms with Crippen LogP contribution in [0.5, 0.6) is 11.5 Å². The lowest BCUT2D eigenvalue weighted by molar-refractivity contribution is -0.140.